The van der Waals surface area contributed by atoms with Crippen molar-refractivity contribution in [3.05, 3.63) is 24.3 Å². The van der Waals surface area contributed by atoms with Crippen molar-refractivity contribution < 1.29 is 5.11 Å². The summed E-state index contributed by atoms with van der Waals surface area (Å²) in [7, 11) is 0. The van der Waals surface area contributed by atoms with Crippen LogP contribution in [0.2, 0.25) is 0 Å². The number of nitrogens with zero attached hydrogens (tertiary/aromatic N) is 1. The van der Waals surface area contributed by atoms with E-state index in [2.05, 4.69) is 0 Å². The first-order valence-electron chi connectivity index (χ1n) is 4.70. The van der Waals surface area contributed by atoms with Gasteiger partial charge in [-0.15, -0.1) is 0 Å². The Hall–Kier alpha value is -1.64. The Kier molecular flexibility index (Phi) is 1.88. The van der Waals surface area contributed by atoms with Crippen molar-refractivity contribution in [2.45, 2.75) is 19.9 Å². The standard InChI is InChI=1S/C11H14N2O/c1-7(2)13-9-6-4-3-5-8(9)10(12)11(13)14/h3-7,14H,12H2,1-2H3. The summed E-state index contributed by atoms with van der Waals surface area (Å²) < 4.78 is 1.84. The molecule has 0 aliphatic heterocycles. The lowest BCUT2D eigenvalue weighted by Crippen LogP contribution is -1.99. The van der Waals surface area contributed by atoms with E-state index >= 15 is 0 Å². The second-order valence-electron chi connectivity index (χ2n) is 3.72. The zero-order valence-corrected chi connectivity index (χ0v) is 8.36. The zero-order chi connectivity index (χ0) is 10.3. The van der Waals surface area contributed by atoms with E-state index in [-0.39, 0.29) is 11.9 Å². The van der Waals surface area contributed by atoms with Crippen LogP contribution in [0.1, 0.15) is 19.9 Å². The first-order valence-corrected chi connectivity index (χ1v) is 4.70. The van der Waals surface area contributed by atoms with Crippen LogP contribution in [0.15, 0.2) is 24.3 Å². The van der Waals surface area contributed by atoms with Crippen LogP contribution in [-0.2, 0) is 0 Å². The largest absolute Gasteiger partial charge is 0.493 e. The van der Waals surface area contributed by atoms with Gasteiger partial charge in [0.05, 0.1) is 5.52 Å². The van der Waals surface area contributed by atoms with Crippen LogP contribution in [0.25, 0.3) is 10.9 Å². The number of rotatable bonds is 1. The molecule has 14 heavy (non-hydrogen) atoms. The average molecular weight is 190 g/mol. The maximum atomic E-state index is 9.83. The number of hydrogen-bond acceptors (Lipinski definition) is 2. The highest BCUT2D eigenvalue weighted by Crippen LogP contribution is 2.35. The first-order chi connectivity index (χ1) is 6.63. The molecule has 3 N–H and O–H groups in total. The fourth-order valence-corrected chi connectivity index (χ4v) is 1.80. The lowest BCUT2D eigenvalue weighted by molar-refractivity contribution is 0.408. The van der Waals surface area contributed by atoms with E-state index in [0.717, 1.165) is 10.9 Å². The Labute approximate surface area is 82.8 Å². The molecule has 3 heteroatoms. The number of benzene rings is 1. The van der Waals surface area contributed by atoms with Gasteiger partial charge in [0.2, 0.25) is 5.88 Å². The van der Waals surface area contributed by atoms with E-state index in [4.69, 9.17) is 5.73 Å². The molecular formula is C11H14N2O. The highest BCUT2D eigenvalue weighted by molar-refractivity contribution is 5.95. The van der Waals surface area contributed by atoms with Gasteiger partial charge in [0.1, 0.15) is 5.69 Å². The lowest BCUT2D eigenvalue weighted by Gasteiger charge is -2.10. The minimum Gasteiger partial charge on any atom is -0.493 e. The van der Waals surface area contributed by atoms with Crippen molar-refractivity contribution in [1.29, 1.82) is 0 Å². The molecule has 0 unspecified atom stereocenters. The number of nitrogens with two attached hydrogens (primary N) is 1. The summed E-state index contributed by atoms with van der Waals surface area (Å²) in [5.41, 5.74) is 7.26. The summed E-state index contributed by atoms with van der Waals surface area (Å²) in [6, 6.07) is 7.95. The van der Waals surface area contributed by atoms with E-state index < -0.39 is 0 Å². The van der Waals surface area contributed by atoms with E-state index in [1.54, 1.807) is 0 Å². The molecule has 2 aromatic rings. The zero-order valence-electron chi connectivity index (χ0n) is 8.36. The Bertz CT molecular complexity index is 471. The summed E-state index contributed by atoms with van der Waals surface area (Å²) in [6.45, 7) is 4.04. The highest BCUT2D eigenvalue weighted by atomic mass is 16.3. The number of aromatic nitrogens is 1. The van der Waals surface area contributed by atoms with Gasteiger partial charge in [0, 0.05) is 11.4 Å². The van der Waals surface area contributed by atoms with Crippen LogP contribution in [0.4, 0.5) is 5.69 Å². The molecule has 3 nitrogen and oxygen atoms in total. The average Bonchev–Trinajstić information content (AvgIpc) is 2.41. The number of hydrogen-bond donors (Lipinski definition) is 2. The fourth-order valence-electron chi connectivity index (χ4n) is 1.80. The molecule has 1 heterocycles. The minimum atomic E-state index is 0.168. The molecule has 0 saturated carbocycles. The Balaban J connectivity index is 2.88. The van der Waals surface area contributed by atoms with Gasteiger partial charge in [0.15, 0.2) is 0 Å². The van der Waals surface area contributed by atoms with Gasteiger partial charge in [-0.3, -0.25) is 0 Å². The molecule has 0 aliphatic rings. The van der Waals surface area contributed by atoms with Gasteiger partial charge >= 0.3 is 0 Å². The maximum Gasteiger partial charge on any atom is 0.216 e. The molecule has 0 atom stereocenters. The predicted molar refractivity (Wildman–Crippen MR) is 58.4 cm³/mol. The maximum absolute atomic E-state index is 9.83. The minimum absolute atomic E-state index is 0.168. The molecule has 0 bridgehead atoms. The SMILES string of the molecule is CC(C)n1c(O)c(N)c2ccccc21. The topological polar surface area (TPSA) is 51.2 Å². The molecule has 1 aromatic heterocycles. The number of para-hydroxylation sites is 1. The van der Waals surface area contributed by atoms with Crippen molar-refractivity contribution in [2.75, 3.05) is 5.73 Å². The monoisotopic (exact) mass is 190 g/mol. The van der Waals surface area contributed by atoms with Crippen LogP contribution < -0.4 is 5.73 Å². The van der Waals surface area contributed by atoms with Crippen LogP contribution in [0, 0.1) is 0 Å². The number of aromatic hydroxyl groups is 1. The van der Waals surface area contributed by atoms with Crippen LogP contribution in [0.5, 0.6) is 5.88 Å². The van der Waals surface area contributed by atoms with Crippen LogP contribution >= 0.6 is 0 Å². The Morgan fingerprint density at radius 2 is 1.93 bits per heavy atom. The molecule has 1 aromatic carbocycles. The van der Waals surface area contributed by atoms with Gasteiger partial charge in [-0.1, -0.05) is 18.2 Å². The third-order valence-corrected chi connectivity index (χ3v) is 2.44. The first kappa shape index (κ1) is 8.94. The van der Waals surface area contributed by atoms with Gasteiger partial charge in [-0.2, -0.15) is 0 Å². The van der Waals surface area contributed by atoms with E-state index in [0.29, 0.717) is 5.69 Å². The van der Waals surface area contributed by atoms with Crippen molar-refractivity contribution in [3.8, 4) is 5.88 Å². The molecule has 0 saturated heterocycles. The third-order valence-electron chi connectivity index (χ3n) is 2.44. The highest BCUT2D eigenvalue weighted by Gasteiger charge is 2.14. The fraction of sp³-hybridized carbons (Fsp3) is 0.273. The molecular weight excluding hydrogens is 176 g/mol. The smallest absolute Gasteiger partial charge is 0.216 e. The van der Waals surface area contributed by atoms with E-state index in [1.165, 1.54) is 0 Å². The van der Waals surface area contributed by atoms with Gasteiger partial charge < -0.3 is 15.4 Å². The summed E-state index contributed by atoms with van der Waals surface area (Å²) in [5.74, 6) is 0.168. The normalized spacial score (nSPS) is 11.4. The van der Waals surface area contributed by atoms with Crippen LogP contribution in [0.3, 0.4) is 0 Å². The van der Waals surface area contributed by atoms with Crippen LogP contribution in [-0.4, -0.2) is 9.67 Å². The quantitative estimate of drug-likeness (QED) is 0.726. The van der Waals surface area contributed by atoms with Crippen molar-refractivity contribution in [1.82, 2.24) is 4.57 Å². The number of anilines is 1. The molecule has 0 radical (unpaired) electrons. The van der Waals surface area contributed by atoms with Gasteiger partial charge in [-0.25, -0.2) is 0 Å². The molecule has 0 amide bonds. The Morgan fingerprint density at radius 1 is 1.29 bits per heavy atom. The number of nitrogen functional groups attached to an aromatic ring is 1. The van der Waals surface area contributed by atoms with E-state index in [9.17, 15) is 5.11 Å². The second kappa shape index (κ2) is 2.94. The summed E-state index contributed by atoms with van der Waals surface area (Å²) in [4.78, 5) is 0. The van der Waals surface area contributed by atoms with Crippen molar-refractivity contribution in [3.63, 3.8) is 0 Å². The predicted octanol–water partition coefficient (Wildman–Crippen LogP) is 2.51. The second-order valence-corrected chi connectivity index (χ2v) is 3.72. The molecule has 74 valence electrons. The van der Waals surface area contributed by atoms with E-state index in [1.807, 2.05) is 42.7 Å². The Morgan fingerprint density at radius 3 is 2.57 bits per heavy atom. The molecule has 0 fully saturated rings. The third kappa shape index (κ3) is 1.05. The van der Waals surface area contributed by atoms with Crippen molar-refractivity contribution in [2.24, 2.45) is 0 Å². The summed E-state index contributed by atoms with van der Waals surface area (Å²) in [5, 5.41) is 10.7. The van der Waals surface area contributed by atoms with Gasteiger partial charge in [-0.05, 0) is 19.9 Å². The van der Waals surface area contributed by atoms with Crippen molar-refractivity contribution >= 4 is 16.6 Å². The number of fused-ring (bicyclic) bond motifs is 1. The molecule has 0 aliphatic carbocycles. The molecule has 0 spiro atoms. The summed E-state index contributed by atoms with van der Waals surface area (Å²) in [6.07, 6.45) is 0. The summed E-state index contributed by atoms with van der Waals surface area (Å²) >= 11 is 0. The molecule has 2 rings (SSSR count). The van der Waals surface area contributed by atoms with Gasteiger partial charge in [0.25, 0.3) is 0 Å². The lowest BCUT2D eigenvalue weighted by atomic mass is 10.2.